The van der Waals surface area contributed by atoms with Crippen molar-refractivity contribution in [1.29, 1.82) is 5.26 Å². The fraction of sp³-hybridized carbons (Fsp3) is 0.364. The van der Waals surface area contributed by atoms with Crippen LogP contribution in [0.4, 0.5) is 5.69 Å². The molecule has 2 atom stereocenters. The van der Waals surface area contributed by atoms with Gasteiger partial charge in [0.15, 0.2) is 0 Å². The van der Waals surface area contributed by atoms with Gasteiger partial charge in [-0.1, -0.05) is 0 Å². The lowest BCUT2D eigenvalue weighted by Crippen LogP contribution is -2.30. The smallest absolute Gasteiger partial charge is 0.138 e. The number of likely N-dealkylation sites (N-methyl/N-ethyl adjacent to an activating group) is 1. The summed E-state index contributed by atoms with van der Waals surface area (Å²) in [5, 5.41) is 32.9. The highest BCUT2D eigenvalue weighted by molar-refractivity contribution is 8.03. The number of thioether (sulfide) groups is 1. The maximum Gasteiger partial charge on any atom is 0.138 e. The second-order valence-electron chi connectivity index (χ2n) is 3.55. The van der Waals surface area contributed by atoms with Gasteiger partial charge < -0.3 is 21.3 Å². The number of hydrogen-bond acceptors (Lipinski definition) is 6. The number of thiocyanates is 1. The van der Waals surface area contributed by atoms with Crippen LogP contribution in [0.25, 0.3) is 0 Å². The summed E-state index contributed by atoms with van der Waals surface area (Å²) in [4.78, 5) is 0.687. The summed E-state index contributed by atoms with van der Waals surface area (Å²) in [5.41, 5.74) is 6.57. The summed E-state index contributed by atoms with van der Waals surface area (Å²) in [5.74, 6) is 0. The number of nitrogen functional groups attached to an aromatic ring is 1. The van der Waals surface area contributed by atoms with E-state index in [2.05, 4.69) is 5.32 Å². The van der Waals surface area contributed by atoms with Gasteiger partial charge in [-0.2, -0.15) is 5.26 Å². The van der Waals surface area contributed by atoms with E-state index in [1.54, 1.807) is 25.2 Å². The van der Waals surface area contributed by atoms with Gasteiger partial charge in [-0.25, -0.2) is 0 Å². The fourth-order valence-corrected chi connectivity index (χ4v) is 1.88. The van der Waals surface area contributed by atoms with Crippen LogP contribution in [0.2, 0.25) is 0 Å². The summed E-state index contributed by atoms with van der Waals surface area (Å²) >= 11 is 0.982. The molecule has 5 N–H and O–H groups in total. The van der Waals surface area contributed by atoms with Crippen LogP contribution < -0.4 is 11.1 Å². The van der Waals surface area contributed by atoms with E-state index in [9.17, 15) is 10.2 Å². The van der Waals surface area contributed by atoms with Gasteiger partial charge in [0.25, 0.3) is 0 Å². The summed E-state index contributed by atoms with van der Waals surface area (Å²) in [6.07, 6.45) is -2.01. The Morgan fingerprint density at radius 3 is 2.82 bits per heavy atom. The molecule has 0 fully saturated rings. The molecule has 0 aliphatic carbocycles. The molecule has 1 aromatic carbocycles. The molecule has 0 radical (unpaired) electrons. The van der Waals surface area contributed by atoms with E-state index in [4.69, 9.17) is 11.0 Å². The van der Waals surface area contributed by atoms with Crippen LogP contribution in [0.3, 0.4) is 0 Å². The quantitative estimate of drug-likeness (QED) is 0.345. The maximum atomic E-state index is 9.93. The molecule has 0 heterocycles. The predicted molar refractivity (Wildman–Crippen MR) is 67.2 cm³/mol. The zero-order valence-electron chi connectivity index (χ0n) is 9.42. The normalized spacial score (nSPS) is 14.0. The summed E-state index contributed by atoms with van der Waals surface area (Å²) < 4.78 is 0. The standard InChI is InChI=1S/C11H15N3O2S/c1-14-5-10(15)11(16)8-4-7(17-6-12)2-3-9(8)13/h2-4,10-11,14-16H,5,13H2,1H3. The molecule has 0 aliphatic heterocycles. The van der Waals surface area contributed by atoms with Crippen molar-refractivity contribution in [3.05, 3.63) is 23.8 Å². The molecule has 0 aliphatic rings. The Hall–Kier alpha value is -1.26. The first-order chi connectivity index (χ1) is 8.10. The highest BCUT2D eigenvalue weighted by atomic mass is 32.2. The average molecular weight is 253 g/mol. The number of nitrogens with zero attached hydrogens (tertiary/aromatic N) is 1. The van der Waals surface area contributed by atoms with Crippen LogP contribution >= 0.6 is 11.8 Å². The number of aliphatic hydroxyl groups is 2. The van der Waals surface area contributed by atoms with Crippen LogP contribution in [0, 0.1) is 10.7 Å². The third-order valence-electron chi connectivity index (χ3n) is 2.32. The summed E-state index contributed by atoms with van der Waals surface area (Å²) in [6.45, 7) is 0.260. The van der Waals surface area contributed by atoms with E-state index in [-0.39, 0.29) is 6.54 Å². The zero-order valence-corrected chi connectivity index (χ0v) is 10.2. The second kappa shape index (κ2) is 6.47. The van der Waals surface area contributed by atoms with E-state index >= 15 is 0 Å². The van der Waals surface area contributed by atoms with E-state index in [1.165, 1.54) is 0 Å². The number of anilines is 1. The number of hydrogen-bond donors (Lipinski definition) is 4. The molecular weight excluding hydrogens is 238 g/mol. The topological polar surface area (TPSA) is 102 Å². The van der Waals surface area contributed by atoms with Crippen LogP contribution in [0.5, 0.6) is 0 Å². The molecule has 0 spiro atoms. The minimum Gasteiger partial charge on any atom is -0.398 e. The molecule has 1 rings (SSSR count). The highest BCUT2D eigenvalue weighted by Gasteiger charge is 2.20. The zero-order chi connectivity index (χ0) is 12.8. The molecule has 1 aromatic rings. The summed E-state index contributed by atoms with van der Waals surface area (Å²) in [7, 11) is 1.68. The number of aliphatic hydroxyl groups excluding tert-OH is 2. The van der Waals surface area contributed by atoms with Crippen molar-refractivity contribution in [3.63, 3.8) is 0 Å². The largest absolute Gasteiger partial charge is 0.398 e. The van der Waals surface area contributed by atoms with Crippen molar-refractivity contribution in [2.24, 2.45) is 0 Å². The minimum absolute atomic E-state index is 0.260. The molecule has 0 amide bonds. The van der Waals surface area contributed by atoms with Crippen molar-refractivity contribution >= 4 is 17.4 Å². The van der Waals surface area contributed by atoms with Crippen LogP contribution in [0.15, 0.2) is 23.1 Å². The molecule has 0 saturated heterocycles. The molecule has 0 aromatic heterocycles. The summed E-state index contributed by atoms with van der Waals surface area (Å²) in [6, 6.07) is 4.93. The molecule has 92 valence electrons. The third kappa shape index (κ3) is 3.61. The van der Waals surface area contributed by atoms with Gasteiger partial charge >= 0.3 is 0 Å². The SMILES string of the molecule is CNCC(O)C(O)c1cc(SC#N)ccc1N. The van der Waals surface area contributed by atoms with E-state index in [0.29, 0.717) is 16.1 Å². The molecule has 0 saturated carbocycles. The number of rotatable bonds is 5. The Labute approximate surface area is 104 Å². The monoisotopic (exact) mass is 253 g/mol. The van der Waals surface area contributed by atoms with Gasteiger partial charge in [0.2, 0.25) is 0 Å². The molecule has 6 heteroatoms. The van der Waals surface area contributed by atoms with E-state index in [1.807, 2.05) is 5.40 Å². The lowest BCUT2D eigenvalue weighted by Gasteiger charge is -2.19. The molecule has 5 nitrogen and oxygen atoms in total. The maximum absolute atomic E-state index is 9.93. The highest BCUT2D eigenvalue weighted by Crippen LogP contribution is 2.28. The van der Waals surface area contributed by atoms with Crippen LogP contribution in [-0.2, 0) is 0 Å². The lowest BCUT2D eigenvalue weighted by molar-refractivity contribution is 0.0205. The van der Waals surface area contributed by atoms with Gasteiger partial charge in [-0.05, 0) is 37.0 Å². The molecule has 2 unspecified atom stereocenters. The third-order valence-corrected chi connectivity index (χ3v) is 2.90. The Bertz CT molecular complexity index is 420. The van der Waals surface area contributed by atoms with Crippen LogP contribution in [-0.4, -0.2) is 29.9 Å². The van der Waals surface area contributed by atoms with Crippen molar-refractivity contribution < 1.29 is 10.2 Å². The van der Waals surface area contributed by atoms with Gasteiger partial charge in [-0.3, -0.25) is 0 Å². The Morgan fingerprint density at radius 1 is 1.53 bits per heavy atom. The Balaban J connectivity index is 2.95. The average Bonchev–Trinajstić information content (AvgIpc) is 2.31. The first-order valence-corrected chi connectivity index (χ1v) is 5.88. The van der Waals surface area contributed by atoms with Crippen LogP contribution in [0.1, 0.15) is 11.7 Å². The Morgan fingerprint density at radius 2 is 2.24 bits per heavy atom. The van der Waals surface area contributed by atoms with Crippen molar-refractivity contribution in [3.8, 4) is 5.40 Å². The first-order valence-electron chi connectivity index (χ1n) is 5.06. The van der Waals surface area contributed by atoms with Crippen molar-refractivity contribution in [2.45, 2.75) is 17.1 Å². The van der Waals surface area contributed by atoms with Crippen molar-refractivity contribution in [2.75, 3.05) is 19.3 Å². The molecular formula is C11H15N3O2S. The Kier molecular flexibility index (Phi) is 5.25. The van der Waals surface area contributed by atoms with Crippen molar-refractivity contribution in [1.82, 2.24) is 5.32 Å². The van der Waals surface area contributed by atoms with Gasteiger partial charge in [-0.15, -0.1) is 0 Å². The predicted octanol–water partition coefficient (Wildman–Crippen LogP) is 0.456. The van der Waals surface area contributed by atoms with Gasteiger partial charge in [0.05, 0.1) is 6.10 Å². The van der Waals surface area contributed by atoms with Gasteiger partial charge in [0.1, 0.15) is 11.5 Å². The molecule has 17 heavy (non-hydrogen) atoms. The number of nitrogens with two attached hydrogens (primary N) is 1. The second-order valence-corrected chi connectivity index (χ2v) is 4.41. The first kappa shape index (κ1) is 13.8. The lowest BCUT2D eigenvalue weighted by atomic mass is 10.0. The number of nitriles is 1. The van der Waals surface area contributed by atoms with E-state index < -0.39 is 12.2 Å². The fourth-order valence-electron chi connectivity index (χ4n) is 1.45. The van der Waals surface area contributed by atoms with Gasteiger partial charge in [0, 0.05) is 22.7 Å². The number of nitrogens with one attached hydrogen (secondary N) is 1. The number of benzene rings is 1. The molecule has 0 bridgehead atoms. The minimum atomic E-state index is -1.07. The van der Waals surface area contributed by atoms with E-state index in [0.717, 1.165) is 11.8 Å².